The summed E-state index contributed by atoms with van der Waals surface area (Å²) in [6, 6.07) is 3.60. The largest absolute Gasteiger partial charge is 0.430 e. The lowest BCUT2D eigenvalue weighted by Crippen LogP contribution is -2.57. The Bertz CT molecular complexity index is 696. The van der Waals surface area contributed by atoms with Crippen molar-refractivity contribution in [2.45, 2.75) is 38.7 Å². The average molecular weight is 344 g/mol. The zero-order valence-electron chi connectivity index (χ0n) is 14.2. The molecule has 0 aliphatic rings. The van der Waals surface area contributed by atoms with Gasteiger partial charge >= 0.3 is 6.18 Å². The molecule has 8 heteroatoms. The molecule has 0 aliphatic carbocycles. The molecule has 2 heterocycles. The standard InChI is InChI=1S/C16H23F3N4O/c1-10(2)7-15(24,16(17,18)19)21-8-12-5-11-6-14(23(3)4)20-9-13(11)22-12/h5-6,9-10,21-22,24H,7-8H2,1-4H3. The number of H-pyrrole nitrogens is 1. The lowest BCUT2D eigenvalue weighted by atomic mass is 9.99. The van der Waals surface area contributed by atoms with Crippen molar-refractivity contribution in [1.82, 2.24) is 15.3 Å². The van der Waals surface area contributed by atoms with Crippen LogP contribution in [-0.4, -0.2) is 41.1 Å². The van der Waals surface area contributed by atoms with Crippen LogP contribution in [0.4, 0.5) is 19.0 Å². The van der Waals surface area contributed by atoms with Gasteiger partial charge in [-0.05, 0) is 18.1 Å². The molecule has 0 spiro atoms. The Balaban J connectivity index is 2.19. The van der Waals surface area contributed by atoms with Gasteiger partial charge in [0.05, 0.1) is 11.7 Å². The third-order valence-electron chi connectivity index (χ3n) is 3.75. The summed E-state index contributed by atoms with van der Waals surface area (Å²) in [7, 11) is 3.72. The van der Waals surface area contributed by atoms with Crippen LogP contribution in [0.5, 0.6) is 0 Å². The Morgan fingerprint density at radius 1 is 1.29 bits per heavy atom. The number of halogens is 3. The molecule has 0 amide bonds. The quantitative estimate of drug-likeness (QED) is 0.705. The van der Waals surface area contributed by atoms with Gasteiger partial charge in [-0.1, -0.05) is 13.8 Å². The first kappa shape index (κ1) is 18.5. The van der Waals surface area contributed by atoms with Crippen LogP contribution in [0.2, 0.25) is 0 Å². The summed E-state index contributed by atoms with van der Waals surface area (Å²) in [5, 5.41) is 13.1. The molecule has 0 saturated heterocycles. The summed E-state index contributed by atoms with van der Waals surface area (Å²) in [6.07, 6.45) is -3.52. The first-order valence-electron chi connectivity index (χ1n) is 7.71. The van der Waals surface area contributed by atoms with E-state index in [2.05, 4.69) is 15.3 Å². The molecule has 0 fully saturated rings. The molecule has 0 bridgehead atoms. The Labute approximate surface area is 138 Å². The van der Waals surface area contributed by atoms with Gasteiger partial charge in [0.2, 0.25) is 5.72 Å². The van der Waals surface area contributed by atoms with Gasteiger partial charge in [-0.25, -0.2) is 4.98 Å². The number of rotatable bonds is 6. The van der Waals surface area contributed by atoms with Crippen molar-refractivity contribution in [1.29, 1.82) is 0 Å². The Hall–Kier alpha value is -1.80. The van der Waals surface area contributed by atoms with Crippen LogP contribution in [0.3, 0.4) is 0 Å². The van der Waals surface area contributed by atoms with Crippen LogP contribution in [0.25, 0.3) is 10.9 Å². The maximum absolute atomic E-state index is 13.2. The van der Waals surface area contributed by atoms with Crippen LogP contribution in [0.1, 0.15) is 26.0 Å². The van der Waals surface area contributed by atoms with E-state index in [-0.39, 0.29) is 12.5 Å². The maximum atomic E-state index is 13.2. The molecule has 3 N–H and O–H groups in total. The Morgan fingerprint density at radius 2 is 1.96 bits per heavy atom. The van der Waals surface area contributed by atoms with E-state index in [4.69, 9.17) is 0 Å². The van der Waals surface area contributed by atoms with Gasteiger partial charge in [0, 0.05) is 38.1 Å². The molecular weight excluding hydrogens is 321 g/mol. The highest BCUT2D eigenvalue weighted by atomic mass is 19.4. The average Bonchev–Trinajstić information content (AvgIpc) is 2.85. The van der Waals surface area contributed by atoms with Crippen molar-refractivity contribution in [3.8, 4) is 0 Å². The molecule has 0 aromatic carbocycles. The molecule has 0 aliphatic heterocycles. The van der Waals surface area contributed by atoms with Gasteiger partial charge in [-0.3, -0.25) is 5.32 Å². The molecule has 0 saturated carbocycles. The van der Waals surface area contributed by atoms with E-state index in [0.29, 0.717) is 5.69 Å². The highest BCUT2D eigenvalue weighted by molar-refractivity contribution is 5.82. The molecule has 134 valence electrons. The number of alkyl halides is 3. The van der Waals surface area contributed by atoms with Crippen LogP contribution in [-0.2, 0) is 6.54 Å². The fourth-order valence-electron chi connectivity index (χ4n) is 2.54. The number of nitrogens with zero attached hydrogens (tertiary/aromatic N) is 2. The minimum absolute atomic E-state index is 0.130. The second-order valence-corrected chi connectivity index (χ2v) is 6.63. The van der Waals surface area contributed by atoms with Crippen LogP contribution in [0, 0.1) is 5.92 Å². The van der Waals surface area contributed by atoms with Crippen molar-refractivity contribution in [2.75, 3.05) is 19.0 Å². The molecule has 2 aromatic heterocycles. The van der Waals surface area contributed by atoms with Gasteiger partial charge in [0.1, 0.15) is 5.82 Å². The number of hydrogen-bond acceptors (Lipinski definition) is 4. The fraction of sp³-hybridized carbons (Fsp3) is 0.562. The SMILES string of the molecule is CC(C)CC(O)(NCc1cc2cc(N(C)C)ncc2[nH]1)C(F)(F)F. The number of aliphatic hydroxyl groups is 1. The monoisotopic (exact) mass is 344 g/mol. The van der Waals surface area contributed by atoms with Crippen molar-refractivity contribution < 1.29 is 18.3 Å². The molecular formula is C16H23F3N4O. The molecule has 0 radical (unpaired) electrons. The van der Waals surface area contributed by atoms with Gasteiger partial charge < -0.3 is 15.0 Å². The predicted octanol–water partition coefficient (Wildman–Crippen LogP) is 3.02. The lowest BCUT2D eigenvalue weighted by Gasteiger charge is -2.32. The zero-order valence-corrected chi connectivity index (χ0v) is 14.2. The topological polar surface area (TPSA) is 64.2 Å². The molecule has 24 heavy (non-hydrogen) atoms. The van der Waals surface area contributed by atoms with E-state index in [0.717, 1.165) is 16.7 Å². The first-order chi connectivity index (χ1) is 11.0. The van der Waals surface area contributed by atoms with Crippen LogP contribution >= 0.6 is 0 Å². The van der Waals surface area contributed by atoms with E-state index in [9.17, 15) is 18.3 Å². The number of pyridine rings is 1. The van der Waals surface area contributed by atoms with Crippen molar-refractivity contribution in [2.24, 2.45) is 5.92 Å². The third-order valence-corrected chi connectivity index (χ3v) is 3.75. The summed E-state index contributed by atoms with van der Waals surface area (Å²) in [6.45, 7) is 3.14. The number of aromatic nitrogens is 2. The van der Waals surface area contributed by atoms with Gasteiger partial charge in [0.25, 0.3) is 0 Å². The van der Waals surface area contributed by atoms with E-state index in [1.165, 1.54) is 0 Å². The molecule has 5 nitrogen and oxygen atoms in total. The van der Waals surface area contributed by atoms with Crippen LogP contribution in [0.15, 0.2) is 18.3 Å². The Kier molecular flexibility index (Phi) is 5.10. The van der Waals surface area contributed by atoms with Crippen LogP contribution < -0.4 is 10.2 Å². The predicted molar refractivity (Wildman–Crippen MR) is 87.7 cm³/mol. The smallest absolute Gasteiger partial charge is 0.368 e. The van der Waals surface area contributed by atoms with Crippen molar-refractivity contribution in [3.63, 3.8) is 0 Å². The minimum atomic E-state index is -4.75. The van der Waals surface area contributed by atoms with Gasteiger partial charge in [-0.2, -0.15) is 13.2 Å². The molecule has 1 unspecified atom stereocenters. The summed E-state index contributed by atoms with van der Waals surface area (Å²) >= 11 is 0. The summed E-state index contributed by atoms with van der Waals surface area (Å²) in [5.74, 6) is 0.450. The minimum Gasteiger partial charge on any atom is -0.368 e. The van der Waals surface area contributed by atoms with E-state index in [1.54, 1.807) is 26.1 Å². The first-order valence-corrected chi connectivity index (χ1v) is 7.71. The van der Waals surface area contributed by atoms with E-state index in [1.807, 2.05) is 25.1 Å². The molecule has 1 atom stereocenters. The lowest BCUT2D eigenvalue weighted by molar-refractivity contribution is -0.279. The van der Waals surface area contributed by atoms with Gasteiger partial charge in [-0.15, -0.1) is 0 Å². The number of fused-ring (bicyclic) bond motifs is 1. The second kappa shape index (κ2) is 6.60. The number of nitrogens with one attached hydrogen (secondary N) is 2. The molecule has 2 aromatic rings. The number of aromatic amines is 1. The Morgan fingerprint density at radius 3 is 2.50 bits per heavy atom. The molecule has 2 rings (SSSR count). The van der Waals surface area contributed by atoms with E-state index >= 15 is 0 Å². The summed E-state index contributed by atoms with van der Waals surface area (Å²) < 4.78 is 39.5. The number of hydrogen-bond donors (Lipinski definition) is 3. The van der Waals surface area contributed by atoms with Crippen molar-refractivity contribution >= 4 is 16.7 Å². The normalized spacial score (nSPS) is 15.0. The number of anilines is 1. The zero-order chi connectivity index (χ0) is 18.1. The summed E-state index contributed by atoms with van der Waals surface area (Å²) in [5.41, 5.74) is -1.63. The second-order valence-electron chi connectivity index (χ2n) is 6.63. The maximum Gasteiger partial charge on any atom is 0.430 e. The van der Waals surface area contributed by atoms with Crippen molar-refractivity contribution in [3.05, 3.63) is 24.0 Å². The van der Waals surface area contributed by atoms with Gasteiger partial charge in [0.15, 0.2) is 0 Å². The third kappa shape index (κ3) is 3.99. The van der Waals surface area contributed by atoms with E-state index < -0.39 is 18.3 Å². The fourth-order valence-corrected chi connectivity index (χ4v) is 2.54. The highest BCUT2D eigenvalue weighted by Crippen LogP contribution is 2.33. The highest BCUT2D eigenvalue weighted by Gasteiger charge is 2.53. The summed E-state index contributed by atoms with van der Waals surface area (Å²) in [4.78, 5) is 9.11.